The molecule has 0 aromatic heterocycles. The van der Waals surface area contributed by atoms with Gasteiger partial charge in [-0.2, -0.15) is 4.58 Å². The van der Waals surface area contributed by atoms with Crippen LogP contribution in [0.3, 0.4) is 0 Å². The Labute approximate surface area is 70.3 Å². The fraction of sp³-hybridized carbons (Fsp3) is 0. The second kappa shape index (κ2) is 1.95. The van der Waals surface area contributed by atoms with Gasteiger partial charge in [0.05, 0.1) is 5.22 Å². The van der Waals surface area contributed by atoms with Crippen molar-refractivity contribution in [1.82, 2.24) is 4.58 Å². The number of nitrogens with zero attached hydrogens (tertiary/aromatic N) is 1. The van der Waals surface area contributed by atoms with E-state index in [9.17, 15) is 0 Å². The molecular formula is C11H8N+. The summed E-state index contributed by atoms with van der Waals surface area (Å²) in [6.45, 7) is 0. The van der Waals surface area contributed by atoms with E-state index in [0.717, 1.165) is 0 Å². The molecule has 2 heterocycles. The van der Waals surface area contributed by atoms with Crippen molar-refractivity contribution in [2.24, 2.45) is 0 Å². The average Bonchev–Trinajstić information content (AvgIpc) is 2.62. The first-order valence-electron chi connectivity index (χ1n) is 4.07. The van der Waals surface area contributed by atoms with Gasteiger partial charge in [-0.1, -0.05) is 12.1 Å². The Morgan fingerprint density at radius 2 is 2.00 bits per heavy atom. The highest BCUT2D eigenvalue weighted by atomic mass is 15.0. The van der Waals surface area contributed by atoms with E-state index in [4.69, 9.17) is 0 Å². The molecule has 0 saturated heterocycles. The zero-order valence-electron chi connectivity index (χ0n) is 6.57. The number of rotatable bonds is 0. The molecule has 0 amide bonds. The molecule has 0 unspecified atom stereocenters. The predicted octanol–water partition coefficient (Wildman–Crippen LogP) is 0.383. The molecule has 0 saturated carbocycles. The summed E-state index contributed by atoms with van der Waals surface area (Å²) in [5.41, 5.74) is 1.27. The van der Waals surface area contributed by atoms with Gasteiger partial charge in [0.15, 0.2) is 6.20 Å². The molecule has 2 aliphatic rings. The van der Waals surface area contributed by atoms with Gasteiger partial charge in [-0.25, -0.2) is 0 Å². The van der Waals surface area contributed by atoms with Gasteiger partial charge in [0.25, 0.3) is 0 Å². The highest BCUT2D eigenvalue weighted by molar-refractivity contribution is 5.54. The first kappa shape index (κ1) is 5.95. The number of hydrogen-bond acceptors (Lipinski definition) is 0. The molecule has 0 N–H and O–H groups in total. The van der Waals surface area contributed by atoms with Gasteiger partial charge in [-0.15, -0.1) is 0 Å². The average molecular weight is 154 g/mol. The van der Waals surface area contributed by atoms with Crippen LogP contribution < -0.4 is 15.2 Å². The molecule has 0 spiro atoms. The number of allylic oxidation sites excluding steroid dienone is 3. The predicted molar refractivity (Wildman–Crippen MR) is 48.6 cm³/mol. The minimum Gasteiger partial charge on any atom is -0.160 e. The van der Waals surface area contributed by atoms with Crippen LogP contribution in [0.25, 0.3) is 6.08 Å². The first-order valence-corrected chi connectivity index (χ1v) is 4.07. The maximum absolute atomic E-state index is 2.20. The lowest BCUT2D eigenvalue weighted by atomic mass is 10.3. The summed E-state index contributed by atoms with van der Waals surface area (Å²) in [4.78, 5) is 0. The number of benzene rings is 1. The molecule has 0 radical (unpaired) electrons. The van der Waals surface area contributed by atoms with Gasteiger partial charge in [0.2, 0.25) is 11.1 Å². The summed E-state index contributed by atoms with van der Waals surface area (Å²) in [6.07, 6.45) is 8.49. The van der Waals surface area contributed by atoms with Gasteiger partial charge in [-0.3, -0.25) is 0 Å². The van der Waals surface area contributed by atoms with E-state index in [-0.39, 0.29) is 0 Å². The highest BCUT2D eigenvalue weighted by Gasteiger charge is 2.18. The van der Waals surface area contributed by atoms with E-state index in [0.29, 0.717) is 0 Å². The third kappa shape index (κ3) is 0.607. The summed E-state index contributed by atoms with van der Waals surface area (Å²) >= 11 is 0. The third-order valence-corrected chi connectivity index (χ3v) is 2.28. The third-order valence-electron chi connectivity index (χ3n) is 2.28. The van der Waals surface area contributed by atoms with Crippen molar-refractivity contribution in [2.75, 3.05) is 0 Å². The quantitative estimate of drug-likeness (QED) is 0.475. The van der Waals surface area contributed by atoms with Crippen LogP contribution in [-0.4, -0.2) is 0 Å². The Bertz CT molecular complexity index is 518. The SMILES string of the molecule is C1=C[N+]2=c3ccccc3=CC2=C1. The molecule has 0 bridgehead atoms. The second-order valence-electron chi connectivity index (χ2n) is 3.01. The fourth-order valence-electron chi connectivity index (χ4n) is 1.72. The van der Waals surface area contributed by atoms with Gasteiger partial charge >= 0.3 is 0 Å². The van der Waals surface area contributed by atoms with E-state index >= 15 is 0 Å². The van der Waals surface area contributed by atoms with Crippen molar-refractivity contribution in [3.63, 3.8) is 0 Å². The molecule has 0 aliphatic carbocycles. The topological polar surface area (TPSA) is 3.01 Å². The van der Waals surface area contributed by atoms with Crippen molar-refractivity contribution < 1.29 is 0 Å². The Morgan fingerprint density at radius 1 is 1.08 bits per heavy atom. The minimum atomic E-state index is 1.27. The maximum atomic E-state index is 2.20. The van der Waals surface area contributed by atoms with E-state index < -0.39 is 0 Å². The van der Waals surface area contributed by atoms with Crippen LogP contribution in [0.4, 0.5) is 0 Å². The molecule has 0 atom stereocenters. The van der Waals surface area contributed by atoms with Gasteiger partial charge in [-0.05, 0) is 6.07 Å². The minimum absolute atomic E-state index is 1.27. The van der Waals surface area contributed by atoms with E-state index in [1.54, 1.807) is 0 Å². The van der Waals surface area contributed by atoms with Crippen molar-refractivity contribution in [2.45, 2.75) is 0 Å². The molecule has 1 heteroatoms. The van der Waals surface area contributed by atoms with Crippen LogP contribution in [-0.2, 0) is 0 Å². The molecule has 1 aromatic rings. The summed E-state index contributed by atoms with van der Waals surface area (Å²) in [7, 11) is 0. The van der Waals surface area contributed by atoms with Crippen molar-refractivity contribution in [3.8, 4) is 0 Å². The second-order valence-corrected chi connectivity index (χ2v) is 3.01. The molecule has 3 rings (SSSR count). The van der Waals surface area contributed by atoms with Crippen LogP contribution >= 0.6 is 0 Å². The van der Waals surface area contributed by atoms with Gasteiger partial charge < -0.3 is 0 Å². The molecule has 12 heavy (non-hydrogen) atoms. The lowest BCUT2D eigenvalue weighted by Crippen LogP contribution is -2.29. The van der Waals surface area contributed by atoms with Gasteiger partial charge in [0, 0.05) is 24.3 Å². The van der Waals surface area contributed by atoms with Crippen LogP contribution in [0.5, 0.6) is 0 Å². The largest absolute Gasteiger partial charge is 0.218 e. The monoisotopic (exact) mass is 154 g/mol. The molecular weight excluding hydrogens is 146 g/mol. The summed E-state index contributed by atoms with van der Waals surface area (Å²) in [5.74, 6) is 0. The summed E-state index contributed by atoms with van der Waals surface area (Å²) < 4.78 is 2.20. The summed E-state index contributed by atoms with van der Waals surface area (Å²) in [6, 6.07) is 8.42. The van der Waals surface area contributed by atoms with Gasteiger partial charge in [0.1, 0.15) is 0 Å². The lowest BCUT2D eigenvalue weighted by Gasteiger charge is -1.83. The van der Waals surface area contributed by atoms with Crippen LogP contribution in [0, 0.1) is 0 Å². The van der Waals surface area contributed by atoms with Crippen molar-refractivity contribution >= 4 is 6.08 Å². The highest BCUT2D eigenvalue weighted by Crippen LogP contribution is 2.06. The van der Waals surface area contributed by atoms with Crippen molar-refractivity contribution in [1.29, 1.82) is 0 Å². The normalized spacial score (nSPS) is 17.0. The number of para-hydroxylation sites is 1. The molecule has 1 aromatic carbocycles. The van der Waals surface area contributed by atoms with Crippen molar-refractivity contribution in [3.05, 3.63) is 58.9 Å². The Balaban J connectivity index is 2.59. The smallest absolute Gasteiger partial charge is 0.160 e. The molecule has 0 fully saturated rings. The molecule has 2 aliphatic heterocycles. The Morgan fingerprint density at radius 3 is 3.00 bits per heavy atom. The number of fused-ring (bicyclic) bond motifs is 2. The number of hydrogen-bond donors (Lipinski definition) is 0. The lowest BCUT2D eigenvalue weighted by molar-refractivity contribution is 0.949. The van der Waals surface area contributed by atoms with Crippen LogP contribution in [0.1, 0.15) is 0 Å². The summed E-state index contributed by atoms with van der Waals surface area (Å²) in [5, 5.41) is 2.60. The first-order chi connectivity index (χ1) is 5.95. The van der Waals surface area contributed by atoms with Crippen LogP contribution in [0.15, 0.2) is 48.3 Å². The molecule has 56 valence electrons. The zero-order valence-corrected chi connectivity index (χ0v) is 6.57. The molecule has 1 nitrogen and oxygen atoms in total. The maximum Gasteiger partial charge on any atom is 0.218 e. The Hall–Kier alpha value is -1.63. The van der Waals surface area contributed by atoms with E-state index in [2.05, 4.69) is 53.3 Å². The van der Waals surface area contributed by atoms with E-state index in [1.807, 2.05) is 0 Å². The zero-order chi connectivity index (χ0) is 7.97. The fourth-order valence-corrected chi connectivity index (χ4v) is 1.72. The standard InChI is InChI=1S/C11H8N/c1-2-6-11-9(4-1)8-10-5-3-7-12(10)11/h1-8H/q+1. The van der Waals surface area contributed by atoms with E-state index in [1.165, 1.54) is 16.3 Å². The Kier molecular flexibility index (Phi) is 0.965. The van der Waals surface area contributed by atoms with Crippen LogP contribution in [0.2, 0.25) is 0 Å².